The van der Waals surface area contributed by atoms with E-state index in [0.717, 1.165) is 36.3 Å². The van der Waals surface area contributed by atoms with Gasteiger partial charge in [0.2, 0.25) is 5.91 Å². The number of carbonyl (C=O) groups is 2. The number of pyridine rings is 1. The molecule has 0 spiro atoms. The number of para-hydroxylation sites is 1. The Morgan fingerprint density at radius 2 is 1.86 bits per heavy atom. The molecule has 0 N–H and O–H groups in total. The van der Waals surface area contributed by atoms with E-state index in [1.165, 1.54) is 0 Å². The molecule has 1 aliphatic heterocycles. The standard InChI is InChI=1S/C28H35N5O3/c1-20(2)17-25(34)33-14-8-13-31(4)15-16-32(19-23-9-5-6-11-24(23)33)28(35)26-21(3)36-30-27(26)22-10-7-12-29-18-22/h5-7,9-12,18,20H,8,13-17,19H2,1-4H3. The molecule has 2 aromatic heterocycles. The lowest BCUT2D eigenvalue weighted by molar-refractivity contribution is -0.119. The Balaban J connectivity index is 1.72. The zero-order valence-corrected chi connectivity index (χ0v) is 21.6. The topological polar surface area (TPSA) is 82.8 Å². The van der Waals surface area contributed by atoms with E-state index in [9.17, 15) is 9.59 Å². The van der Waals surface area contributed by atoms with Gasteiger partial charge in [0, 0.05) is 56.2 Å². The summed E-state index contributed by atoms with van der Waals surface area (Å²) in [6.07, 6.45) is 4.71. The minimum Gasteiger partial charge on any atom is -0.360 e. The second-order valence-electron chi connectivity index (χ2n) is 9.86. The van der Waals surface area contributed by atoms with Crippen LogP contribution >= 0.6 is 0 Å². The summed E-state index contributed by atoms with van der Waals surface area (Å²) in [6, 6.07) is 11.6. The predicted octanol–water partition coefficient (Wildman–Crippen LogP) is 4.40. The molecular formula is C28H35N5O3. The van der Waals surface area contributed by atoms with Gasteiger partial charge >= 0.3 is 0 Å². The van der Waals surface area contributed by atoms with Crippen LogP contribution in [0.15, 0.2) is 53.3 Å². The van der Waals surface area contributed by atoms with Gasteiger partial charge in [-0.2, -0.15) is 0 Å². The summed E-state index contributed by atoms with van der Waals surface area (Å²) >= 11 is 0. The predicted molar refractivity (Wildman–Crippen MR) is 140 cm³/mol. The molecule has 0 bridgehead atoms. The first-order valence-corrected chi connectivity index (χ1v) is 12.6. The molecule has 3 heterocycles. The quantitative estimate of drug-likeness (QED) is 0.540. The van der Waals surface area contributed by atoms with E-state index < -0.39 is 0 Å². The molecule has 8 nitrogen and oxygen atoms in total. The van der Waals surface area contributed by atoms with E-state index in [0.29, 0.717) is 43.1 Å². The van der Waals surface area contributed by atoms with E-state index in [-0.39, 0.29) is 17.7 Å². The van der Waals surface area contributed by atoms with Crippen molar-refractivity contribution in [2.24, 2.45) is 5.92 Å². The molecule has 0 unspecified atom stereocenters. The number of benzene rings is 1. The van der Waals surface area contributed by atoms with Gasteiger partial charge in [-0.05, 0) is 56.6 Å². The summed E-state index contributed by atoms with van der Waals surface area (Å²) in [4.78, 5) is 37.4. The molecule has 4 rings (SSSR count). The minimum absolute atomic E-state index is 0.117. The number of likely N-dealkylation sites (N-methyl/N-ethyl adjacent to an activating group) is 1. The normalized spacial score (nSPS) is 15.5. The first-order chi connectivity index (χ1) is 17.3. The van der Waals surface area contributed by atoms with E-state index in [1.807, 2.05) is 46.2 Å². The van der Waals surface area contributed by atoms with Gasteiger partial charge in [-0.25, -0.2) is 0 Å². The lowest BCUT2D eigenvalue weighted by Crippen LogP contribution is -2.37. The van der Waals surface area contributed by atoms with Crippen molar-refractivity contribution in [2.45, 2.75) is 40.2 Å². The fraction of sp³-hybridized carbons (Fsp3) is 0.429. The number of aryl methyl sites for hydroxylation is 1. The number of nitrogens with zero attached hydrogens (tertiary/aromatic N) is 5. The van der Waals surface area contributed by atoms with Gasteiger partial charge < -0.3 is 19.2 Å². The Bertz CT molecular complexity index is 1190. The van der Waals surface area contributed by atoms with Crippen LogP contribution in [0.3, 0.4) is 0 Å². The molecule has 0 saturated carbocycles. The van der Waals surface area contributed by atoms with Gasteiger partial charge in [-0.3, -0.25) is 14.6 Å². The molecule has 1 aliphatic rings. The fourth-order valence-electron chi connectivity index (χ4n) is 4.59. The molecule has 1 aromatic carbocycles. The third-order valence-corrected chi connectivity index (χ3v) is 6.50. The van der Waals surface area contributed by atoms with Crippen LogP contribution in [0, 0.1) is 12.8 Å². The van der Waals surface area contributed by atoms with Gasteiger partial charge in [0.05, 0.1) is 0 Å². The van der Waals surface area contributed by atoms with Gasteiger partial charge in [0.1, 0.15) is 17.0 Å². The zero-order valence-electron chi connectivity index (χ0n) is 21.6. The van der Waals surface area contributed by atoms with Crippen LogP contribution in [0.4, 0.5) is 5.69 Å². The Labute approximate surface area is 212 Å². The number of anilines is 1. The average molecular weight is 490 g/mol. The monoisotopic (exact) mass is 489 g/mol. The third kappa shape index (κ3) is 5.82. The first-order valence-electron chi connectivity index (χ1n) is 12.6. The van der Waals surface area contributed by atoms with Crippen LogP contribution in [-0.2, 0) is 11.3 Å². The number of amides is 2. The molecular weight excluding hydrogens is 454 g/mol. The number of rotatable bonds is 4. The molecule has 2 amide bonds. The van der Waals surface area contributed by atoms with Crippen molar-refractivity contribution in [1.29, 1.82) is 0 Å². The number of hydrogen-bond donors (Lipinski definition) is 0. The van der Waals surface area contributed by atoms with Crippen molar-refractivity contribution in [3.63, 3.8) is 0 Å². The van der Waals surface area contributed by atoms with Crippen LogP contribution in [0.1, 0.15) is 48.4 Å². The fourth-order valence-corrected chi connectivity index (χ4v) is 4.59. The van der Waals surface area contributed by atoms with Crippen LogP contribution in [-0.4, -0.2) is 65.0 Å². The van der Waals surface area contributed by atoms with E-state index in [1.54, 1.807) is 19.3 Å². The van der Waals surface area contributed by atoms with Crippen LogP contribution in [0.2, 0.25) is 0 Å². The van der Waals surface area contributed by atoms with Crippen molar-refractivity contribution < 1.29 is 14.1 Å². The molecule has 0 fully saturated rings. The molecule has 3 aromatic rings. The number of carbonyl (C=O) groups excluding carboxylic acids is 2. The average Bonchev–Trinajstić information content (AvgIpc) is 3.24. The van der Waals surface area contributed by atoms with Crippen molar-refractivity contribution in [2.75, 3.05) is 38.1 Å². The van der Waals surface area contributed by atoms with E-state index >= 15 is 0 Å². The van der Waals surface area contributed by atoms with Crippen molar-refractivity contribution in [3.8, 4) is 11.3 Å². The van der Waals surface area contributed by atoms with Gasteiger partial charge in [0.25, 0.3) is 5.91 Å². The lowest BCUT2D eigenvalue weighted by atomic mass is 10.0. The Morgan fingerprint density at radius 3 is 2.61 bits per heavy atom. The molecule has 36 heavy (non-hydrogen) atoms. The van der Waals surface area contributed by atoms with Gasteiger partial charge in [-0.15, -0.1) is 0 Å². The van der Waals surface area contributed by atoms with Gasteiger partial charge in [-0.1, -0.05) is 37.2 Å². The van der Waals surface area contributed by atoms with Crippen molar-refractivity contribution in [3.05, 3.63) is 65.7 Å². The molecule has 0 radical (unpaired) electrons. The highest BCUT2D eigenvalue weighted by Crippen LogP contribution is 2.29. The second-order valence-corrected chi connectivity index (χ2v) is 9.86. The van der Waals surface area contributed by atoms with Crippen LogP contribution < -0.4 is 4.90 Å². The summed E-state index contributed by atoms with van der Waals surface area (Å²) in [5.74, 6) is 0.718. The Morgan fingerprint density at radius 1 is 1.06 bits per heavy atom. The maximum Gasteiger partial charge on any atom is 0.260 e. The second kappa shape index (κ2) is 11.5. The lowest BCUT2D eigenvalue weighted by Gasteiger charge is -2.28. The summed E-state index contributed by atoms with van der Waals surface area (Å²) in [6.45, 7) is 9.02. The smallest absolute Gasteiger partial charge is 0.260 e. The maximum absolute atomic E-state index is 14.0. The summed E-state index contributed by atoms with van der Waals surface area (Å²) in [5.41, 5.74) is 3.50. The van der Waals surface area contributed by atoms with E-state index in [4.69, 9.17) is 4.52 Å². The molecule has 0 saturated heterocycles. The highest BCUT2D eigenvalue weighted by atomic mass is 16.5. The number of hydrogen-bond acceptors (Lipinski definition) is 6. The van der Waals surface area contributed by atoms with Crippen molar-refractivity contribution in [1.82, 2.24) is 19.9 Å². The Hall–Kier alpha value is -3.52. The molecule has 8 heteroatoms. The number of aromatic nitrogens is 2. The van der Waals surface area contributed by atoms with Crippen LogP contribution in [0.5, 0.6) is 0 Å². The summed E-state index contributed by atoms with van der Waals surface area (Å²) in [5, 5.41) is 4.19. The molecule has 0 atom stereocenters. The first kappa shape index (κ1) is 25.6. The molecule has 0 aliphatic carbocycles. The summed E-state index contributed by atoms with van der Waals surface area (Å²) < 4.78 is 5.47. The van der Waals surface area contributed by atoms with E-state index in [2.05, 4.69) is 35.9 Å². The van der Waals surface area contributed by atoms with Gasteiger partial charge in [0.15, 0.2) is 0 Å². The largest absolute Gasteiger partial charge is 0.360 e. The third-order valence-electron chi connectivity index (χ3n) is 6.50. The summed E-state index contributed by atoms with van der Waals surface area (Å²) in [7, 11) is 2.06. The minimum atomic E-state index is -0.143. The SMILES string of the molecule is Cc1onc(-c2cccnc2)c1C(=O)N1CCN(C)CCCN(C(=O)CC(C)C)c2ccccc2C1. The number of fused-ring (bicyclic) bond motifs is 1. The van der Waals surface area contributed by atoms with Crippen molar-refractivity contribution >= 4 is 17.5 Å². The molecule has 190 valence electrons. The highest BCUT2D eigenvalue weighted by molar-refractivity contribution is 6.01. The maximum atomic E-state index is 14.0. The van der Waals surface area contributed by atoms with Crippen LogP contribution in [0.25, 0.3) is 11.3 Å². The highest BCUT2D eigenvalue weighted by Gasteiger charge is 2.28. The zero-order chi connectivity index (χ0) is 25.7. The Kier molecular flexibility index (Phi) is 8.15.